The summed E-state index contributed by atoms with van der Waals surface area (Å²) in [5.74, 6) is 2.05. The smallest absolute Gasteiger partial charge is 0.217 e. The highest BCUT2D eigenvalue weighted by Crippen LogP contribution is 2.35. The van der Waals surface area contributed by atoms with Crippen molar-refractivity contribution in [3.63, 3.8) is 0 Å². The lowest BCUT2D eigenvalue weighted by atomic mass is 9.89. The van der Waals surface area contributed by atoms with Crippen LogP contribution in [0.3, 0.4) is 0 Å². The first-order valence-corrected chi connectivity index (χ1v) is 12.4. The molecule has 33 heavy (non-hydrogen) atoms. The van der Waals surface area contributed by atoms with Gasteiger partial charge in [-0.2, -0.15) is 4.98 Å². The van der Waals surface area contributed by atoms with Gasteiger partial charge in [-0.3, -0.25) is 4.79 Å². The van der Waals surface area contributed by atoms with Gasteiger partial charge in [-0.15, -0.1) is 0 Å². The molecule has 0 atom stereocenters. The van der Waals surface area contributed by atoms with Crippen molar-refractivity contribution in [3.8, 4) is 17.1 Å². The fourth-order valence-electron chi connectivity index (χ4n) is 4.03. The van der Waals surface area contributed by atoms with E-state index in [0.717, 1.165) is 40.9 Å². The first kappa shape index (κ1) is 26.8. The molecule has 1 aliphatic rings. The zero-order chi connectivity index (χ0) is 24.5. The van der Waals surface area contributed by atoms with E-state index in [1.807, 2.05) is 57.5 Å². The van der Waals surface area contributed by atoms with E-state index >= 15 is 0 Å². The molecule has 0 aliphatic heterocycles. The van der Waals surface area contributed by atoms with Crippen molar-refractivity contribution in [2.24, 2.45) is 5.92 Å². The van der Waals surface area contributed by atoms with Gasteiger partial charge in [0.05, 0.1) is 17.8 Å². The van der Waals surface area contributed by atoms with Gasteiger partial charge in [0, 0.05) is 29.4 Å². The van der Waals surface area contributed by atoms with Crippen LogP contribution in [0.2, 0.25) is 5.15 Å². The van der Waals surface area contributed by atoms with Gasteiger partial charge < -0.3 is 9.30 Å². The Balaban J connectivity index is 0.000000914. The molecule has 3 aromatic rings. The number of ketones is 1. The van der Waals surface area contributed by atoms with E-state index < -0.39 is 0 Å². The van der Waals surface area contributed by atoms with E-state index in [4.69, 9.17) is 16.3 Å². The Kier molecular flexibility index (Phi) is 10.3. The summed E-state index contributed by atoms with van der Waals surface area (Å²) in [4.78, 5) is 25.1. The van der Waals surface area contributed by atoms with Crippen LogP contribution in [0.1, 0.15) is 73.1 Å². The number of hydrogen-bond acceptors (Lipinski definition) is 5. The number of hydrogen-bond donors (Lipinski definition) is 0. The minimum absolute atomic E-state index is 0.0656. The summed E-state index contributed by atoms with van der Waals surface area (Å²) in [5, 5.41) is 1.17. The third kappa shape index (κ3) is 6.76. The van der Waals surface area contributed by atoms with Crippen LogP contribution in [0.25, 0.3) is 22.2 Å². The number of nitrogens with zero attached hydrogens (tertiary/aromatic N) is 4. The van der Waals surface area contributed by atoms with Gasteiger partial charge >= 0.3 is 0 Å². The Bertz CT molecular complexity index is 1060. The number of rotatable bonds is 5. The van der Waals surface area contributed by atoms with E-state index in [0.29, 0.717) is 16.9 Å². The molecule has 6 nitrogen and oxygen atoms in total. The largest absolute Gasteiger partial charge is 0.474 e. The van der Waals surface area contributed by atoms with Gasteiger partial charge in [0.25, 0.3) is 0 Å². The maximum atomic E-state index is 11.7. The molecule has 180 valence electrons. The lowest BCUT2D eigenvalue weighted by Crippen LogP contribution is -2.23. The minimum Gasteiger partial charge on any atom is -0.474 e. The van der Waals surface area contributed by atoms with E-state index in [9.17, 15) is 4.79 Å². The molecule has 0 bridgehead atoms. The second kappa shape index (κ2) is 12.7. The van der Waals surface area contributed by atoms with E-state index in [1.165, 1.54) is 12.8 Å². The van der Waals surface area contributed by atoms with E-state index in [-0.39, 0.29) is 18.4 Å². The molecule has 4 rings (SSSR count). The van der Waals surface area contributed by atoms with E-state index in [1.54, 1.807) is 13.1 Å². The lowest BCUT2D eigenvalue weighted by Gasteiger charge is -2.26. The number of carbonyl (C=O) groups is 1. The first-order valence-electron chi connectivity index (χ1n) is 12.1. The third-order valence-corrected chi connectivity index (χ3v) is 5.77. The molecule has 0 amide bonds. The van der Waals surface area contributed by atoms with Crippen molar-refractivity contribution in [1.82, 2.24) is 19.5 Å². The highest BCUT2D eigenvalue weighted by Gasteiger charge is 2.21. The Hall–Kier alpha value is -2.47. The number of aromatic nitrogens is 4. The summed E-state index contributed by atoms with van der Waals surface area (Å²) in [6.07, 6.45) is 8.21. The Morgan fingerprint density at radius 3 is 2.45 bits per heavy atom. The molecule has 1 aliphatic carbocycles. The quantitative estimate of drug-likeness (QED) is 0.372. The topological polar surface area (TPSA) is 69.9 Å². The van der Waals surface area contributed by atoms with Gasteiger partial charge in [-0.05, 0) is 51.5 Å². The molecule has 0 spiro atoms. The molecule has 0 radical (unpaired) electrons. The predicted molar refractivity (Wildman–Crippen MR) is 136 cm³/mol. The number of fused-ring (bicyclic) bond motifs is 1. The van der Waals surface area contributed by atoms with Crippen LogP contribution < -0.4 is 4.74 Å². The zero-order valence-corrected chi connectivity index (χ0v) is 21.7. The molecule has 3 heterocycles. The number of halogens is 1. The van der Waals surface area contributed by atoms with Gasteiger partial charge in [0.15, 0.2) is 0 Å². The molecule has 0 aromatic carbocycles. The SMILES string of the molecule is CC.CC.CC(=O)Cn1cc(-c2cc(OC3CCC(C)CC3)nc(C)n2)c2c(Cl)nccc21. The number of carbonyl (C=O) groups excluding carboxylic acids is 1. The summed E-state index contributed by atoms with van der Waals surface area (Å²) in [6, 6.07) is 3.73. The van der Waals surface area contributed by atoms with E-state index in [2.05, 4.69) is 21.9 Å². The highest BCUT2D eigenvalue weighted by atomic mass is 35.5. The van der Waals surface area contributed by atoms with Gasteiger partial charge in [0.2, 0.25) is 5.88 Å². The molecule has 3 aromatic heterocycles. The Labute approximate surface area is 202 Å². The molecular formula is C26H37ClN4O2. The van der Waals surface area contributed by atoms with Crippen LogP contribution in [-0.4, -0.2) is 31.4 Å². The highest BCUT2D eigenvalue weighted by molar-refractivity contribution is 6.35. The molecule has 1 saturated carbocycles. The monoisotopic (exact) mass is 472 g/mol. The summed E-state index contributed by atoms with van der Waals surface area (Å²) >= 11 is 6.43. The molecule has 0 saturated heterocycles. The number of pyridine rings is 1. The number of Topliss-reactive ketones (excluding diaryl/α,β-unsaturated/α-hetero) is 1. The molecule has 1 fully saturated rings. The van der Waals surface area contributed by atoms with Crippen LogP contribution in [0, 0.1) is 12.8 Å². The van der Waals surface area contributed by atoms with Crippen molar-refractivity contribution >= 4 is 28.3 Å². The van der Waals surface area contributed by atoms with Gasteiger partial charge in [-0.25, -0.2) is 9.97 Å². The molecule has 0 unspecified atom stereocenters. The third-order valence-electron chi connectivity index (χ3n) is 5.48. The summed E-state index contributed by atoms with van der Waals surface area (Å²) in [7, 11) is 0. The van der Waals surface area contributed by atoms with Crippen LogP contribution in [0.5, 0.6) is 5.88 Å². The summed E-state index contributed by atoms with van der Waals surface area (Å²) in [5.41, 5.74) is 2.40. The van der Waals surface area contributed by atoms with Crippen molar-refractivity contribution < 1.29 is 9.53 Å². The summed E-state index contributed by atoms with van der Waals surface area (Å²) in [6.45, 7) is 14.0. The van der Waals surface area contributed by atoms with Crippen molar-refractivity contribution in [3.05, 3.63) is 35.5 Å². The number of ether oxygens (including phenoxy) is 1. The Morgan fingerprint density at radius 1 is 1.15 bits per heavy atom. The minimum atomic E-state index is 0.0656. The fraction of sp³-hybridized carbons (Fsp3) is 0.538. The second-order valence-corrected chi connectivity index (χ2v) is 8.36. The van der Waals surface area contributed by atoms with Crippen LogP contribution >= 0.6 is 11.6 Å². The van der Waals surface area contributed by atoms with Crippen molar-refractivity contribution in [2.75, 3.05) is 0 Å². The van der Waals surface area contributed by atoms with Crippen molar-refractivity contribution in [1.29, 1.82) is 0 Å². The number of aryl methyl sites for hydroxylation is 1. The van der Waals surface area contributed by atoms with Gasteiger partial charge in [-0.1, -0.05) is 46.2 Å². The van der Waals surface area contributed by atoms with Crippen LogP contribution in [0.4, 0.5) is 0 Å². The second-order valence-electron chi connectivity index (χ2n) is 8.01. The van der Waals surface area contributed by atoms with Crippen molar-refractivity contribution in [2.45, 2.75) is 86.8 Å². The maximum Gasteiger partial charge on any atom is 0.217 e. The average molecular weight is 473 g/mol. The lowest BCUT2D eigenvalue weighted by molar-refractivity contribution is -0.117. The normalized spacial score (nSPS) is 17.5. The zero-order valence-electron chi connectivity index (χ0n) is 21.0. The van der Waals surface area contributed by atoms with Crippen LogP contribution in [0.15, 0.2) is 24.5 Å². The Morgan fingerprint density at radius 2 is 1.82 bits per heavy atom. The predicted octanol–water partition coefficient (Wildman–Crippen LogP) is 7.05. The standard InChI is InChI=1S/C22H25ClN4O2.2C2H6/c1-13-4-6-16(7-5-13)29-20-10-18(25-15(3)26-20)17-12-27(11-14(2)28)19-8-9-24-22(23)21(17)19;2*1-2/h8-10,12-13,16H,4-7,11H2,1-3H3;2*1-2H3. The van der Waals surface area contributed by atoms with Gasteiger partial charge in [0.1, 0.15) is 22.9 Å². The molecule has 0 N–H and O–H groups in total. The maximum absolute atomic E-state index is 11.7. The molecular weight excluding hydrogens is 436 g/mol. The fourth-order valence-corrected chi connectivity index (χ4v) is 4.28. The van der Waals surface area contributed by atoms with Crippen LogP contribution in [-0.2, 0) is 11.3 Å². The first-order chi connectivity index (χ1) is 15.9. The molecule has 7 heteroatoms. The summed E-state index contributed by atoms with van der Waals surface area (Å²) < 4.78 is 8.09. The average Bonchev–Trinajstić information content (AvgIpc) is 3.17.